The standard InChI is InChI=1S/C9H21NOS/c1-9(2,3)11-7-5-10-6-8-12-4/h10H,5-8H2,1-4H3. The zero-order valence-corrected chi connectivity index (χ0v) is 9.46. The Balaban J connectivity index is 3.01. The minimum Gasteiger partial charge on any atom is -0.375 e. The summed E-state index contributed by atoms with van der Waals surface area (Å²) in [6, 6.07) is 0. The Morgan fingerprint density at radius 2 is 1.92 bits per heavy atom. The molecular formula is C9H21NOS. The van der Waals surface area contributed by atoms with Gasteiger partial charge < -0.3 is 10.1 Å². The van der Waals surface area contributed by atoms with Crippen LogP contribution in [0.4, 0.5) is 0 Å². The highest BCUT2D eigenvalue weighted by molar-refractivity contribution is 7.98. The van der Waals surface area contributed by atoms with Gasteiger partial charge >= 0.3 is 0 Å². The second-order valence-corrected chi connectivity index (χ2v) is 4.69. The second kappa shape index (κ2) is 6.75. The SMILES string of the molecule is CSCCNCCOC(C)(C)C. The van der Waals surface area contributed by atoms with Gasteiger partial charge in [0.05, 0.1) is 12.2 Å². The molecule has 3 heteroatoms. The summed E-state index contributed by atoms with van der Waals surface area (Å²) in [4.78, 5) is 0. The number of hydrogen-bond donors (Lipinski definition) is 1. The smallest absolute Gasteiger partial charge is 0.0599 e. The van der Waals surface area contributed by atoms with E-state index in [0.29, 0.717) is 0 Å². The molecule has 0 aromatic carbocycles. The largest absolute Gasteiger partial charge is 0.375 e. The van der Waals surface area contributed by atoms with Crippen LogP contribution in [0.3, 0.4) is 0 Å². The summed E-state index contributed by atoms with van der Waals surface area (Å²) in [7, 11) is 0. The average molecular weight is 191 g/mol. The van der Waals surface area contributed by atoms with E-state index in [1.807, 2.05) is 11.8 Å². The third-order valence-corrected chi connectivity index (χ3v) is 1.91. The number of nitrogens with one attached hydrogen (secondary N) is 1. The molecule has 0 aliphatic heterocycles. The summed E-state index contributed by atoms with van der Waals surface area (Å²) in [5.74, 6) is 1.18. The van der Waals surface area contributed by atoms with Gasteiger partial charge in [-0.3, -0.25) is 0 Å². The van der Waals surface area contributed by atoms with Crippen LogP contribution in [0.2, 0.25) is 0 Å². The van der Waals surface area contributed by atoms with Gasteiger partial charge in [-0.1, -0.05) is 0 Å². The summed E-state index contributed by atoms with van der Waals surface area (Å²) < 4.78 is 5.54. The highest BCUT2D eigenvalue weighted by Gasteiger charge is 2.08. The van der Waals surface area contributed by atoms with E-state index in [-0.39, 0.29) is 5.60 Å². The van der Waals surface area contributed by atoms with Gasteiger partial charge in [0.2, 0.25) is 0 Å². The number of thioether (sulfide) groups is 1. The predicted molar refractivity (Wildman–Crippen MR) is 57.0 cm³/mol. The maximum Gasteiger partial charge on any atom is 0.0599 e. The van der Waals surface area contributed by atoms with Crippen LogP contribution < -0.4 is 5.32 Å². The van der Waals surface area contributed by atoms with E-state index >= 15 is 0 Å². The first kappa shape index (κ1) is 12.3. The molecule has 0 saturated heterocycles. The first-order chi connectivity index (χ1) is 5.56. The molecule has 0 saturated carbocycles. The fourth-order valence-electron chi connectivity index (χ4n) is 0.729. The Kier molecular flexibility index (Phi) is 6.90. The Hall–Kier alpha value is 0.270. The molecule has 0 unspecified atom stereocenters. The zero-order valence-electron chi connectivity index (χ0n) is 8.64. The summed E-state index contributed by atoms with van der Waals surface area (Å²) in [6.45, 7) is 9.07. The Morgan fingerprint density at radius 3 is 2.42 bits per heavy atom. The third kappa shape index (κ3) is 10.3. The average Bonchev–Trinajstić information content (AvgIpc) is 1.94. The van der Waals surface area contributed by atoms with Crippen molar-refractivity contribution in [3.8, 4) is 0 Å². The highest BCUT2D eigenvalue weighted by Crippen LogP contribution is 2.04. The Bertz CT molecular complexity index is 101. The zero-order chi connectivity index (χ0) is 9.45. The first-order valence-corrected chi connectivity index (χ1v) is 5.79. The molecule has 0 rings (SSSR count). The maximum absolute atomic E-state index is 5.54. The van der Waals surface area contributed by atoms with Gasteiger partial charge in [-0.05, 0) is 27.0 Å². The van der Waals surface area contributed by atoms with Gasteiger partial charge in [-0.15, -0.1) is 0 Å². The summed E-state index contributed by atoms with van der Waals surface area (Å²) >= 11 is 1.86. The van der Waals surface area contributed by atoms with Crippen molar-refractivity contribution >= 4 is 11.8 Å². The van der Waals surface area contributed by atoms with Gasteiger partial charge in [0.25, 0.3) is 0 Å². The predicted octanol–water partition coefficient (Wildman–Crippen LogP) is 1.75. The van der Waals surface area contributed by atoms with E-state index in [1.54, 1.807) is 0 Å². The van der Waals surface area contributed by atoms with E-state index < -0.39 is 0 Å². The molecule has 0 heterocycles. The maximum atomic E-state index is 5.54. The van der Waals surface area contributed by atoms with Crippen LogP contribution in [0.25, 0.3) is 0 Å². The number of ether oxygens (including phenoxy) is 1. The van der Waals surface area contributed by atoms with E-state index in [4.69, 9.17) is 4.74 Å². The summed E-state index contributed by atoms with van der Waals surface area (Å²) in [5, 5.41) is 3.31. The lowest BCUT2D eigenvalue weighted by molar-refractivity contribution is -0.000607. The monoisotopic (exact) mass is 191 g/mol. The molecule has 0 radical (unpaired) electrons. The highest BCUT2D eigenvalue weighted by atomic mass is 32.2. The minimum absolute atomic E-state index is 0.00118. The summed E-state index contributed by atoms with van der Waals surface area (Å²) in [5.41, 5.74) is 0.00118. The minimum atomic E-state index is 0.00118. The molecule has 0 aromatic heterocycles. The molecule has 0 aliphatic carbocycles. The quantitative estimate of drug-likeness (QED) is 0.646. The molecule has 12 heavy (non-hydrogen) atoms. The lowest BCUT2D eigenvalue weighted by atomic mass is 10.2. The fourth-order valence-corrected chi connectivity index (χ4v) is 1.08. The lowest BCUT2D eigenvalue weighted by Gasteiger charge is -2.19. The van der Waals surface area contributed by atoms with E-state index in [9.17, 15) is 0 Å². The molecule has 0 bridgehead atoms. The normalized spacial score (nSPS) is 12.0. The Labute approximate surface area is 80.4 Å². The molecule has 0 aromatic rings. The molecule has 0 fully saturated rings. The molecule has 0 amide bonds. The molecule has 1 N–H and O–H groups in total. The molecule has 2 nitrogen and oxygen atoms in total. The van der Waals surface area contributed by atoms with Crippen LogP contribution in [0.5, 0.6) is 0 Å². The van der Waals surface area contributed by atoms with E-state index in [1.165, 1.54) is 5.75 Å². The molecular weight excluding hydrogens is 170 g/mol. The second-order valence-electron chi connectivity index (χ2n) is 3.70. The van der Waals surface area contributed by atoms with Crippen LogP contribution >= 0.6 is 11.8 Å². The molecule has 0 spiro atoms. The van der Waals surface area contributed by atoms with E-state index in [2.05, 4.69) is 32.3 Å². The van der Waals surface area contributed by atoms with Crippen molar-refractivity contribution < 1.29 is 4.74 Å². The first-order valence-electron chi connectivity index (χ1n) is 4.40. The van der Waals surface area contributed by atoms with Crippen LogP contribution in [0, 0.1) is 0 Å². The summed E-state index contributed by atoms with van der Waals surface area (Å²) in [6.07, 6.45) is 2.12. The van der Waals surface area contributed by atoms with Crippen LogP contribution in [-0.4, -0.2) is 37.3 Å². The van der Waals surface area contributed by atoms with Crippen LogP contribution in [0.15, 0.2) is 0 Å². The Morgan fingerprint density at radius 1 is 1.25 bits per heavy atom. The van der Waals surface area contributed by atoms with Gasteiger partial charge in [0.1, 0.15) is 0 Å². The van der Waals surface area contributed by atoms with Crippen molar-refractivity contribution in [1.82, 2.24) is 5.32 Å². The van der Waals surface area contributed by atoms with Gasteiger partial charge in [-0.2, -0.15) is 11.8 Å². The molecule has 74 valence electrons. The number of rotatable bonds is 6. The number of hydrogen-bond acceptors (Lipinski definition) is 3. The van der Waals surface area contributed by atoms with Crippen molar-refractivity contribution in [1.29, 1.82) is 0 Å². The van der Waals surface area contributed by atoms with Crippen molar-refractivity contribution in [2.75, 3.05) is 31.7 Å². The molecule has 0 aliphatic rings. The van der Waals surface area contributed by atoms with Crippen LogP contribution in [-0.2, 0) is 4.74 Å². The van der Waals surface area contributed by atoms with Crippen molar-refractivity contribution in [3.63, 3.8) is 0 Å². The third-order valence-electron chi connectivity index (χ3n) is 1.30. The van der Waals surface area contributed by atoms with Crippen molar-refractivity contribution in [2.24, 2.45) is 0 Å². The van der Waals surface area contributed by atoms with E-state index in [0.717, 1.165) is 19.7 Å². The van der Waals surface area contributed by atoms with Gasteiger partial charge in [-0.25, -0.2) is 0 Å². The fraction of sp³-hybridized carbons (Fsp3) is 1.00. The van der Waals surface area contributed by atoms with Gasteiger partial charge in [0, 0.05) is 18.8 Å². The van der Waals surface area contributed by atoms with Crippen LogP contribution in [0.1, 0.15) is 20.8 Å². The molecule has 0 atom stereocenters. The topological polar surface area (TPSA) is 21.3 Å². The lowest BCUT2D eigenvalue weighted by Crippen LogP contribution is -2.27. The van der Waals surface area contributed by atoms with Crippen molar-refractivity contribution in [2.45, 2.75) is 26.4 Å². The van der Waals surface area contributed by atoms with Crippen molar-refractivity contribution in [3.05, 3.63) is 0 Å². The van der Waals surface area contributed by atoms with Gasteiger partial charge in [0.15, 0.2) is 0 Å².